The van der Waals surface area contributed by atoms with E-state index in [0.29, 0.717) is 13.0 Å². The molecule has 1 N–H and O–H groups in total. The summed E-state index contributed by atoms with van der Waals surface area (Å²) in [4.78, 5) is 13.7. The van der Waals surface area contributed by atoms with Crippen LogP contribution in [0.3, 0.4) is 0 Å². The first-order chi connectivity index (χ1) is 9.51. The molecule has 1 aromatic heterocycles. The van der Waals surface area contributed by atoms with Crippen LogP contribution in [-0.4, -0.2) is 51.6 Å². The van der Waals surface area contributed by atoms with Crippen molar-refractivity contribution in [1.82, 2.24) is 14.7 Å². The van der Waals surface area contributed by atoms with Gasteiger partial charge in [-0.05, 0) is 39.3 Å². The van der Waals surface area contributed by atoms with Crippen LogP contribution in [0.4, 0.5) is 0 Å². The van der Waals surface area contributed by atoms with Gasteiger partial charge in [0.05, 0.1) is 12.3 Å². The van der Waals surface area contributed by atoms with Crippen LogP contribution in [0.5, 0.6) is 0 Å². The molecule has 0 spiro atoms. The zero-order valence-electron chi connectivity index (χ0n) is 12.4. The topological polar surface area (TPSA) is 67.6 Å². The molecule has 1 aliphatic rings. The normalized spacial score (nSPS) is 23.6. The summed E-state index contributed by atoms with van der Waals surface area (Å²) in [7, 11) is 1.56. The van der Waals surface area contributed by atoms with Gasteiger partial charge in [-0.3, -0.25) is 14.4 Å². The molecule has 112 valence electrons. The Balaban J connectivity index is 2.22. The molecule has 2 rings (SSSR count). The first-order valence-electron chi connectivity index (χ1n) is 7.01. The van der Waals surface area contributed by atoms with Gasteiger partial charge in [0.1, 0.15) is 5.54 Å². The Morgan fingerprint density at radius 1 is 1.60 bits per heavy atom. The van der Waals surface area contributed by atoms with Crippen molar-refractivity contribution in [2.75, 3.05) is 20.3 Å². The van der Waals surface area contributed by atoms with Gasteiger partial charge in [0.2, 0.25) is 0 Å². The maximum absolute atomic E-state index is 11.7. The third kappa shape index (κ3) is 2.58. The molecular formula is C14H23N3O3. The monoisotopic (exact) mass is 281 g/mol. The van der Waals surface area contributed by atoms with Gasteiger partial charge >= 0.3 is 5.97 Å². The Hall–Kier alpha value is -1.40. The van der Waals surface area contributed by atoms with Crippen molar-refractivity contribution >= 4 is 5.97 Å². The highest BCUT2D eigenvalue weighted by Gasteiger charge is 2.48. The molecule has 1 aromatic rings. The van der Waals surface area contributed by atoms with Crippen LogP contribution in [0.25, 0.3) is 0 Å². The number of hydrogen-bond donors (Lipinski definition) is 1. The van der Waals surface area contributed by atoms with E-state index >= 15 is 0 Å². The van der Waals surface area contributed by atoms with Crippen LogP contribution < -0.4 is 0 Å². The average molecular weight is 281 g/mol. The lowest BCUT2D eigenvalue weighted by Crippen LogP contribution is -2.53. The third-order valence-corrected chi connectivity index (χ3v) is 4.00. The van der Waals surface area contributed by atoms with E-state index in [9.17, 15) is 9.90 Å². The van der Waals surface area contributed by atoms with E-state index in [2.05, 4.69) is 18.9 Å². The van der Waals surface area contributed by atoms with E-state index in [4.69, 9.17) is 4.74 Å². The van der Waals surface area contributed by atoms with E-state index in [1.165, 1.54) is 0 Å². The summed E-state index contributed by atoms with van der Waals surface area (Å²) in [5.74, 6) is -0.799. The highest BCUT2D eigenvalue weighted by Crippen LogP contribution is 2.32. The number of carbonyl (C=O) groups is 1. The number of nitrogens with zero attached hydrogens (tertiary/aromatic N) is 3. The Morgan fingerprint density at radius 3 is 2.95 bits per heavy atom. The Labute approximate surface area is 119 Å². The van der Waals surface area contributed by atoms with Crippen molar-refractivity contribution in [3.05, 3.63) is 18.0 Å². The molecule has 1 fully saturated rings. The van der Waals surface area contributed by atoms with Crippen LogP contribution in [0.2, 0.25) is 0 Å². The lowest BCUT2D eigenvalue weighted by atomic mass is 9.97. The Bertz CT molecular complexity index is 472. The minimum atomic E-state index is -0.902. The molecule has 0 aromatic carbocycles. The molecule has 20 heavy (non-hydrogen) atoms. The number of hydrogen-bond acceptors (Lipinski definition) is 4. The molecule has 1 atom stereocenters. The predicted octanol–water partition coefficient (Wildman–Crippen LogP) is 1.53. The summed E-state index contributed by atoms with van der Waals surface area (Å²) in [5, 5.41) is 13.9. The molecule has 0 bridgehead atoms. The number of carboxylic acid groups (broad SMARTS) is 1. The largest absolute Gasteiger partial charge is 0.480 e. The highest BCUT2D eigenvalue weighted by atomic mass is 16.5. The second-order valence-electron chi connectivity index (χ2n) is 5.66. The van der Waals surface area contributed by atoms with Gasteiger partial charge in [0.25, 0.3) is 0 Å². The predicted molar refractivity (Wildman–Crippen MR) is 74.5 cm³/mol. The lowest BCUT2D eigenvalue weighted by Gasteiger charge is -2.34. The summed E-state index contributed by atoms with van der Waals surface area (Å²) in [6.45, 7) is 5.73. The van der Waals surface area contributed by atoms with Crippen LogP contribution in [0, 0.1) is 0 Å². The minimum Gasteiger partial charge on any atom is -0.480 e. The van der Waals surface area contributed by atoms with Crippen LogP contribution in [0.1, 0.15) is 38.4 Å². The van der Waals surface area contributed by atoms with Crippen molar-refractivity contribution in [2.45, 2.75) is 44.8 Å². The molecule has 0 aliphatic carbocycles. The summed E-state index contributed by atoms with van der Waals surface area (Å²) < 4.78 is 7.11. The fourth-order valence-electron chi connectivity index (χ4n) is 3.00. The van der Waals surface area contributed by atoms with Crippen molar-refractivity contribution in [3.8, 4) is 0 Å². The minimum absolute atomic E-state index is 0.220. The summed E-state index contributed by atoms with van der Waals surface area (Å²) in [6, 6.07) is 2.22. The maximum atomic E-state index is 11.7. The van der Waals surface area contributed by atoms with Gasteiger partial charge in [-0.15, -0.1) is 0 Å². The maximum Gasteiger partial charge on any atom is 0.326 e. The van der Waals surface area contributed by atoms with E-state index < -0.39 is 11.5 Å². The van der Waals surface area contributed by atoms with Crippen molar-refractivity contribution in [1.29, 1.82) is 0 Å². The summed E-state index contributed by atoms with van der Waals surface area (Å²) in [6.07, 6.45) is 3.28. The number of carboxylic acids is 1. The second-order valence-corrected chi connectivity index (χ2v) is 5.66. The first-order valence-corrected chi connectivity index (χ1v) is 7.01. The number of aromatic nitrogens is 2. The smallest absolute Gasteiger partial charge is 0.326 e. The second kappa shape index (κ2) is 5.93. The van der Waals surface area contributed by atoms with Crippen LogP contribution in [0.15, 0.2) is 12.3 Å². The first kappa shape index (κ1) is 15.0. The van der Waals surface area contributed by atoms with Gasteiger partial charge in [0, 0.05) is 25.9 Å². The number of aliphatic carboxylic acids is 1. The van der Waals surface area contributed by atoms with Crippen molar-refractivity contribution in [2.24, 2.45) is 0 Å². The van der Waals surface area contributed by atoms with E-state index in [-0.39, 0.29) is 12.6 Å². The van der Waals surface area contributed by atoms with Gasteiger partial charge in [0.15, 0.2) is 0 Å². The number of likely N-dealkylation sites (tertiary alicyclic amines) is 1. The number of rotatable bonds is 6. The SMILES string of the molecule is COCC1(C(=O)O)CCCN1Cc1ccnn1C(C)C. The molecule has 6 heteroatoms. The van der Waals surface area contributed by atoms with Crippen molar-refractivity contribution < 1.29 is 14.6 Å². The van der Waals surface area contributed by atoms with Gasteiger partial charge < -0.3 is 9.84 Å². The molecule has 1 saturated heterocycles. The molecule has 1 aliphatic heterocycles. The van der Waals surface area contributed by atoms with Gasteiger partial charge in [-0.25, -0.2) is 0 Å². The highest BCUT2D eigenvalue weighted by molar-refractivity contribution is 5.79. The molecule has 0 saturated carbocycles. The zero-order chi connectivity index (χ0) is 14.8. The molecule has 0 amide bonds. The fraction of sp³-hybridized carbons (Fsp3) is 0.714. The van der Waals surface area contributed by atoms with Gasteiger partial charge in [-0.2, -0.15) is 5.10 Å². The Kier molecular flexibility index (Phi) is 4.45. The molecule has 0 radical (unpaired) electrons. The number of methoxy groups -OCH3 is 1. The van der Waals surface area contributed by atoms with Gasteiger partial charge in [-0.1, -0.05) is 0 Å². The van der Waals surface area contributed by atoms with Crippen LogP contribution >= 0.6 is 0 Å². The Morgan fingerprint density at radius 2 is 2.35 bits per heavy atom. The fourth-order valence-corrected chi connectivity index (χ4v) is 3.00. The quantitative estimate of drug-likeness (QED) is 0.856. The molecule has 2 heterocycles. The number of ether oxygens (including phenoxy) is 1. The third-order valence-electron chi connectivity index (χ3n) is 4.00. The molecule has 1 unspecified atom stereocenters. The van der Waals surface area contributed by atoms with Crippen LogP contribution in [-0.2, 0) is 16.1 Å². The molecule has 6 nitrogen and oxygen atoms in total. The van der Waals surface area contributed by atoms with E-state index in [1.807, 2.05) is 15.6 Å². The molecular weight excluding hydrogens is 258 g/mol. The summed E-state index contributed by atoms with van der Waals surface area (Å²) >= 11 is 0. The zero-order valence-corrected chi connectivity index (χ0v) is 12.4. The lowest BCUT2D eigenvalue weighted by molar-refractivity contribution is -0.153. The van der Waals surface area contributed by atoms with Crippen molar-refractivity contribution in [3.63, 3.8) is 0 Å². The average Bonchev–Trinajstić information content (AvgIpc) is 2.98. The standard InChI is InChI=1S/C14H23N3O3/c1-11(2)17-12(5-7-15-17)9-16-8-4-6-14(16,10-20-3)13(18)19/h5,7,11H,4,6,8-10H2,1-3H3,(H,18,19). The van der Waals surface area contributed by atoms with E-state index in [1.54, 1.807) is 13.3 Å². The van der Waals surface area contributed by atoms with E-state index in [0.717, 1.165) is 18.7 Å². The summed E-state index contributed by atoms with van der Waals surface area (Å²) in [5.41, 5.74) is 0.143.